The van der Waals surface area contributed by atoms with Crippen molar-refractivity contribution in [2.24, 2.45) is 0 Å². The molecule has 0 radical (unpaired) electrons. The minimum atomic E-state index is -0.414. The van der Waals surface area contributed by atoms with Gasteiger partial charge in [-0.1, -0.05) is 18.2 Å². The highest BCUT2D eigenvalue weighted by Crippen LogP contribution is 2.20. The lowest BCUT2D eigenvalue weighted by Crippen LogP contribution is -2.37. The van der Waals surface area contributed by atoms with Crippen LogP contribution in [0.5, 0.6) is 0 Å². The molecular formula is C22H29ClN4O3. The van der Waals surface area contributed by atoms with Crippen LogP contribution in [-0.2, 0) is 11.2 Å². The Bertz CT molecular complexity index is 952. The van der Waals surface area contributed by atoms with Gasteiger partial charge in [0.25, 0.3) is 11.5 Å². The van der Waals surface area contributed by atoms with E-state index in [1.54, 1.807) is 30.8 Å². The summed E-state index contributed by atoms with van der Waals surface area (Å²) in [6.45, 7) is 3.51. The molecule has 7 nitrogen and oxygen atoms in total. The maximum atomic E-state index is 13.1. The molecule has 162 valence electrons. The van der Waals surface area contributed by atoms with Crippen LogP contribution in [0.2, 0.25) is 0 Å². The highest BCUT2D eigenvalue weighted by Gasteiger charge is 2.22. The lowest BCUT2D eigenvalue weighted by Gasteiger charge is -2.25. The van der Waals surface area contributed by atoms with Gasteiger partial charge in [0.2, 0.25) is 5.91 Å². The third-order valence-corrected chi connectivity index (χ3v) is 5.42. The van der Waals surface area contributed by atoms with Gasteiger partial charge in [0.05, 0.1) is 0 Å². The Kier molecular flexibility index (Phi) is 8.62. The molecule has 1 fully saturated rings. The van der Waals surface area contributed by atoms with Crippen LogP contribution in [0.25, 0.3) is 0 Å². The molecule has 0 saturated carbocycles. The van der Waals surface area contributed by atoms with Crippen LogP contribution < -0.4 is 21.5 Å². The van der Waals surface area contributed by atoms with Crippen molar-refractivity contribution in [2.75, 3.05) is 25.5 Å². The van der Waals surface area contributed by atoms with Crippen molar-refractivity contribution in [2.45, 2.75) is 38.6 Å². The number of halogens is 1. The second kappa shape index (κ2) is 10.9. The topological polar surface area (TPSA) is 92.2 Å². The zero-order valence-corrected chi connectivity index (χ0v) is 18.2. The molecule has 2 aromatic rings. The van der Waals surface area contributed by atoms with E-state index in [1.165, 1.54) is 0 Å². The summed E-state index contributed by atoms with van der Waals surface area (Å²) in [4.78, 5) is 37.7. The van der Waals surface area contributed by atoms with Crippen molar-refractivity contribution in [1.29, 1.82) is 0 Å². The average molecular weight is 433 g/mol. The van der Waals surface area contributed by atoms with Crippen molar-refractivity contribution in [3.05, 3.63) is 63.6 Å². The molecule has 1 aromatic carbocycles. The molecule has 30 heavy (non-hydrogen) atoms. The van der Waals surface area contributed by atoms with Crippen molar-refractivity contribution < 1.29 is 9.59 Å². The van der Waals surface area contributed by atoms with Crippen LogP contribution >= 0.6 is 12.4 Å². The molecule has 0 bridgehead atoms. The molecule has 1 aromatic heterocycles. The molecule has 0 spiro atoms. The molecule has 1 saturated heterocycles. The number of aryl methyl sites for hydroxylation is 2. The molecular weight excluding hydrogens is 404 g/mol. The molecule has 3 N–H and O–H groups in total. The fourth-order valence-electron chi connectivity index (χ4n) is 3.71. The number of carbonyl (C=O) groups excluding carboxylic acids is 2. The Morgan fingerprint density at radius 2 is 1.87 bits per heavy atom. The van der Waals surface area contributed by atoms with Crippen molar-refractivity contribution in [3.63, 3.8) is 0 Å². The Hall–Kier alpha value is -2.64. The summed E-state index contributed by atoms with van der Waals surface area (Å²) in [5, 5.41) is 8.78. The van der Waals surface area contributed by atoms with E-state index in [0.29, 0.717) is 24.1 Å². The number of hydrogen-bond donors (Lipinski definition) is 3. The van der Waals surface area contributed by atoms with E-state index in [0.717, 1.165) is 31.5 Å². The van der Waals surface area contributed by atoms with E-state index in [9.17, 15) is 14.4 Å². The lowest BCUT2D eigenvalue weighted by molar-refractivity contribution is -0.120. The first-order valence-electron chi connectivity index (χ1n) is 10.0. The molecule has 1 aliphatic heterocycles. The molecule has 8 heteroatoms. The summed E-state index contributed by atoms with van der Waals surface area (Å²) < 4.78 is 1.69. The third kappa shape index (κ3) is 5.49. The van der Waals surface area contributed by atoms with Gasteiger partial charge in [-0.3, -0.25) is 14.4 Å². The summed E-state index contributed by atoms with van der Waals surface area (Å²) in [6, 6.07) is 9.30. The first kappa shape index (κ1) is 23.6. The molecule has 1 aliphatic rings. The number of piperidine rings is 1. The quantitative estimate of drug-likeness (QED) is 0.653. The van der Waals surface area contributed by atoms with Gasteiger partial charge in [-0.15, -0.1) is 12.4 Å². The second-order valence-corrected chi connectivity index (χ2v) is 7.35. The number of nitrogens with zero attached hydrogens (tertiary/aromatic N) is 1. The summed E-state index contributed by atoms with van der Waals surface area (Å²) in [7, 11) is 1.60. The van der Waals surface area contributed by atoms with Crippen LogP contribution in [0, 0.1) is 6.92 Å². The van der Waals surface area contributed by atoms with E-state index in [-0.39, 0.29) is 35.5 Å². The summed E-state index contributed by atoms with van der Waals surface area (Å²) in [5.41, 5.74) is 2.05. The summed E-state index contributed by atoms with van der Waals surface area (Å²) in [6.07, 6.45) is 4.36. The fourth-order valence-corrected chi connectivity index (χ4v) is 3.71. The van der Waals surface area contributed by atoms with E-state index in [1.807, 2.05) is 24.3 Å². The van der Waals surface area contributed by atoms with Crippen LogP contribution in [-0.4, -0.2) is 36.5 Å². The Labute approximate surface area is 182 Å². The van der Waals surface area contributed by atoms with Crippen LogP contribution in [0.15, 0.2) is 41.3 Å². The third-order valence-electron chi connectivity index (χ3n) is 5.42. The Morgan fingerprint density at radius 1 is 1.17 bits per heavy atom. The van der Waals surface area contributed by atoms with Gasteiger partial charge in [-0.25, -0.2) is 0 Å². The number of benzene rings is 1. The van der Waals surface area contributed by atoms with E-state index in [4.69, 9.17) is 0 Å². The normalized spacial score (nSPS) is 13.9. The number of rotatable bonds is 6. The molecule has 0 atom stereocenters. The lowest BCUT2D eigenvalue weighted by atomic mass is 10.0. The van der Waals surface area contributed by atoms with Gasteiger partial charge in [0.1, 0.15) is 5.56 Å². The van der Waals surface area contributed by atoms with E-state index >= 15 is 0 Å². The Morgan fingerprint density at radius 3 is 2.57 bits per heavy atom. The van der Waals surface area contributed by atoms with E-state index < -0.39 is 5.91 Å². The van der Waals surface area contributed by atoms with Crippen molar-refractivity contribution in [3.8, 4) is 0 Å². The monoisotopic (exact) mass is 432 g/mol. The van der Waals surface area contributed by atoms with Gasteiger partial charge in [0, 0.05) is 31.4 Å². The number of carbonyl (C=O) groups is 2. The first-order chi connectivity index (χ1) is 14.0. The van der Waals surface area contributed by atoms with Gasteiger partial charge >= 0.3 is 0 Å². The SMILES string of the molecule is CNC(=O)CCc1ccccc1NC(=O)c1c(C)ccn(C2CCNCC2)c1=O.Cl. The average Bonchev–Trinajstić information content (AvgIpc) is 2.73. The summed E-state index contributed by atoms with van der Waals surface area (Å²) >= 11 is 0. The van der Waals surface area contributed by atoms with Crippen LogP contribution in [0.1, 0.15) is 46.8 Å². The summed E-state index contributed by atoms with van der Waals surface area (Å²) in [5.74, 6) is -0.474. The standard InChI is InChI=1S/C22H28N4O3.ClH/c1-15-11-14-26(17-9-12-24-13-10-17)22(29)20(15)21(28)25-18-6-4-3-5-16(18)7-8-19(27)23-2;/h3-6,11,14,17,24H,7-10,12-13H2,1-2H3,(H,23,27)(H,25,28);1H. The number of aromatic nitrogens is 1. The maximum Gasteiger partial charge on any atom is 0.263 e. The number of pyridine rings is 1. The number of hydrogen-bond acceptors (Lipinski definition) is 4. The molecule has 0 unspecified atom stereocenters. The van der Waals surface area contributed by atoms with Gasteiger partial charge in [-0.05, 0) is 62.5 Å². The van der Waals surface area contributed by atoms with Gasteiger partial charge in [0.15, 0.2) is 0 Å². The number of anilines is 1. The number of nitrogens with one attached hydrogen (secondary N) is 3. The number of amides is 2. The molecule has 2 heterocycles. The second-order valence-electron chi connectivity index (χ2n) is 7.35. The minimum Gasteiger partial charge on any atom is -0.359 e. The maximum absolute atomic E-state index is 13.1. The smallest absolute Gasteiger partial charge is 0.263 e. The highest BCUT2D eigenvalue weighted by molar-refractivity contribution is 6.05. The Balaban J connectivity index is 0.00000320. The minimum absolute atomic E-state index is 0. The van der Waals surface area contributed by atoms with Crippen LogP contribution in [0.4, 0.5) is 5.69 Å². The highest BCUT2D eigenvalue weighted by atomic mass is 35.5. The largest absolute Gasteiger partial charge is 0.359 e. The zero-order chi connectivity index (χ0) is 20.8. The first-order valence-corrected chi connectivity index (χ1v) is 10.0. The van der Waals surface area contributed by atoms with E-state index in [2.05, 4.69) is 16.0 Å². The molecule has 3 rings (SSSR count). The molecule has 0 aliphatic carbocycles. The van der Waals surface area contributed by atoms with Gasteiger partial charge < -0.3 is 20.5 Å². The zero-order valence-electron chi connectivity index (χ0n) is 17.4. The fraction of sp³-hybridized carbons (Fsp3) is 0.409. The molecule has 2 amide bonds. The van der Waals surface area contributed by atoms with Gasteiger partial charge in [-0.2, -0.15) is 0 Å². The predicted octanol–water partition coefficient (Wildman–Crippen LogP) is 2.43. The van der Waals surface area contributed by atoms with Crippen LogP contribution in [0.3, 0.4) is 0 Å². The van der Waals surface area contributed by atoms with Crippen molar-refractivity contribution >= 4 is 29.9 Å². The van der Waals surface area contributed by atoms with Crippen molar-refractivity contribution in [1.82, 2.24) is 15.2 Å². The number of para-hydroxylation sites is 1. The predicted molar refractivity (Wildman–Crippen MR) is 121 cm³/mol.